The van der Waals surface area contributed by atoms with Gasteiger partial charge in [-0.25, -0.2) is 0 Å². The second-order valence-electron chi connectivity index (χ2n) is 5.79. The second kappa shape index (κ2) is 8.25. The van der Waals surface area contributed by atoms with Crippen molar-refractivity contribution in [2.75, 3.05) is 0 Å². The average molecular weight is 405 g/mol. The first-order chi connectivity index (χ1) is 15.7. The molecule has 0 aliphatic carbocycles. The van der Waals surface area contributed by atoms with Gasteiger partial charge in [-0.1, -0.05) is 17.7 Å². The van der Waals surface area contributed by atoms with Crippen molar-refractivity contribution in [3.8, 4) is 17.3 Å². The van der Waals surface area contributed by atoms with Crippen LogP contribution in [-0.4, -0.2) is 37.0 Å². The molecular weight excluding hydrogens is 380 g/mol. The van der Waals surface area contributed by atoms with Gasteiger partial charge in [0.25, 0.3) is 5.91 Å². The molecule has 2 atom stereocenters. The predicted octanol–water partition coefficient (Wildman–Crippen LogP) is 2.67. The van der Waals surface area contributed by atoms with Crippen molar-refractivity contribution in [2.24, 2.45) is 0 Å². The molecule has 0 radical (unpaired) electrons. The van der Waals surface area contributed by atoms with Crippen LogP contribution in [-0.2, 0) is 6.50 Å². The van der Waals surface area contributed by atoms with E-state index < -0.39 is 37.1 Å². The number of hydrogen-bond acceptors (Lipinski definition) is 5. The van der Waals surface area contributed by atoms with E-state index in [1.54, 1.807) is 12.1 Å². The van der Waals surface area contributed by atoms with Crippen LogP contribution in [0.5, 0.6) is 0 Å². The molecule has 0 aliphatic rings. The van der Waals surface area contributed by atoms with Gasteiger partial charge < -0.3 is 10.4 Å². The fourth-order valence-electron chi connectivity index (χ4n) is 2.38. The molecule has 0 spiro atoms. The molecule has 0 saturated heterocycles. The molecule has 2 heterocycles. The number of nitrogens with one attached hydrogen (secondary N) is 2. The summed E-state index contributed by atoms with van der Waals surface area (Å²) in [6.45, 7) is -3.89. The maximum Gasteiger partial charge on any atom is 0.272 e. The van der Waals surface area contributed by atoms with Crippen LogP contribution in [0.25, 0.3) is 11.3 Å². The Balaban J connectivity index is 1.77. The largest absolute Gasteiger partial charge is 0.387 e. The highest BCUT2D eigenvalue weighted by Crippen LogP contribution is 2.24. The monoisotopic (exact) mass is 404 g/mol. The Bertz CT molecular complexity index is 1260. The number of nitriles is 1. The molecule has 28 heavy (non-hydrogen) atoms. The number of halogens is 1. The van der Waals surface area contributed by atoms with Gasteiger partial charge >= 0.3 is 0 Å². The molecule has 0 aliphatic heterocycles. The maximum atomic E-state index is 12.5. The van der Waals surface area contributed by atoms with E-state index in [1.807, 2.05) is 6.07 Å². The SMILES string of the molecule is [2H]C([2H])([C@H](C)NC(=O)c1cc(C([2H])(O)C([2H])([2H])[2H])[nH]n1)n1ccc(-c2ccc(C#N)c(Cl)c2)n1. The number of amides is 1. The Morgan fingerprint density at radius 1 is 1.57 bits per heavy atom. The molecule has 3 N–H and O–H groups in total. The Morgan fingerprint density at radius 2 is 2.39 bits per heavy atom. The number of hydrogen-bond donors (Lipinski definition) is 3. The van der Waals surface area contributed by atoms with Crippen molar-refractivity contribution >= 4 is 17.5 Å². The van der Waals surface area contributed by atoms with E-state index in [2.05, 4.69) is 20.6 Å². The number of aliphatic hydroxyl groups is 1. The molecule has 3 rings (SSSR count). The van der Waals surface area contributed by atoms with Crippen LogP contribution in [0.2, 0.25) is 5.02 Å². The van der Waals surface area contributed by atoms with E-state index in [0.717, 1.165) is 10.7 Å². The highest BCUT2D eigenvalue weighted by Gasteiger charge is 2.16. The van der Waals surface area contributed by atoms with Crippen LogP contribution >= 0.6 is 11.6 Å². The number of carbonyl (C=O) groups is 1. The van der Waals surface area contributed by atoms with E-state index in [-0.39, 0.29) is 10.7 Å². The Labute approximate surface area is 175 Å². The number of aromatic amines is 1. The summed E-state index contributed by atoms with van der Waals surface area (Å²) in [6, 6.07) is 7.97. The minimum Gasteiger partial charge on any atom is -0.387 e. The van der Waals surface area contributed by atoms with E-state index in [4.69, 9.17) is 25.1 Å². The Hall–Kier alpha value is -3.15. The minimum atomic E-state index is -3.09. The zero-order chi connectivity index (χ0) is 25.5. The molecule has 9 heteroatoms. The van der Waals surface area contributed by atoms with Crippen LogP contribution in [0.3, 0.4) is 0 Å². The molecule has 0 fully saturated rings. The summed E-state index contributed by atoms with van der Waals surface area (Å²) < 4.78 is 47.2. The first-order valence-corrected chi connectivity index (χ1v) is 8.41. The summed E-state index contributed by atoms with van der Waals surface area (Å²) in [5.74, 6) is -0.855. The van der Waals surface area contributed by atoms with Crippen molar-refractivity contribution in [2.45, 2.75) is 32.4 Å². The predicted molar refractivity (Wildman–Crippen MR) is 104 cm³/mol. The van der Waals surface area contributed by atoms with Crippen molar-refractivity contribution < 1.29 is 18.1 Å². The number of carbonyl (C=O) groups excluding carboxylic acids is 1. The van der Waals surface area contributed by atoms with Crippen molar-refractivity contribution in [3.63, 3.8) is 0 Å². The van der Waals surface area contributed by atoms with Gasteiger partial charge in [0.2, 0.25) is 0 Å². The summed E-state index contributed by atoms with van der Waals surface area (Å²) >= 11 is 6.05. The number of H-pyrrole nitrogens is 1. The van der Waals surface area contributed by atoms with Crippen LogP contribution in [0.4, 0.5) is 0 Å². The van der Waals surface area contributed by atoms with Gasteiger partial charge in [0, 0.05) is 21.9 Å². The maximum absolute atomic E-state index is 12.5. The lowest BCUT2D eigenvalue weighted by Crippen LogP contribution is -2.36. The van der Waals surface area contributed by atoms with Crippen molar-refractivity contribution in [3.05, 3.63) is 58.5 Å². The van der Waals surface area contributed by atoms with Crippen molar-refractivity contribution in [1.82, 2.24) is 25.3 Å². The van der Waals surface area contributed by atoms with Crippen LogP contribution < -0.4 is 5.32 Å². The van der Waals surface area contributed by atoms with Crippen molar-refractivity contribution in [1.29, 1.82) is 5.26 Å². The number of benzene rings is 1. The van der Waals surface area contributed by atoms with Crippen LogP contribution in [0.15, 0.2) is 36.5 Å². The van der Waals surface area contributed by atoms with Gasteiger partial charge in [-0.15, -0.1) is 0 Å². The Kier molecular flexibility index (Phi) is 3.86. The summed E-state index contributed by atoms with van der Waals surface area (Å²) in [4.78, 5) is 12.5. The number of rotatable bonds is 6. The van der Waals surface area contributed by atoms with Gasteiger partial charge in [-0.2, -0.15) is 15.5 Å². The molecule has 1 amide bonds. The van der Waals surface area contributed by atoms with E-state index in [0.29, 0.717) is 16.8 Å². The summed E-state index contributed by atoms with van der Waals surface area (Å²) in [7, 11) is 0. The molecule has 1 aromatic carbocycles. The van der Waals surface area contributed by atoms with E-state index in [1.165, 1.54) is 25.3 Å². The second-order valence-corrected chi connectivity index (χ2v) is 6.20. The third-order valence-corrected chi connectivity index (χ3v) is 4.03. The third-order valence-electron chi connectivity index (χ3n) is 3.71. The quantitative estimate of drug-likeness (QED) is 0.583. The molecule has 8 nitrogen and oxygen atoms in total. The van der Waals surface area contributed by atoms with Gasteiger partial charge in [-0.3, -0.25) is 14.6 Å². The van der Waals surface area contributed by atoms with E-state index in [9.17, 15) is 9.90 Å². The highest BCUT2D eigenvalue weighted by atomic mass is 35.5. The van der Waals surface area contributed by atoms with Gasteiger partial charge in [0.15, 0.2) is 0 Å². The molecule has 1 unspecified atom stereocenters. The average Bonchev–Trinajstić information content (AvgIpc) is 3.43. The molecule has 2 aromatic heterocycles. The van der Waals surface area contributed by atoms with Gasteiger partial charge in [0.05, 0.1) is 38.7 Å². The summed E-state index contributed by atoms with van der Waals surface area (Å²) in [5.41, 5.74) is 0.411. The summed E-state index contributed by atoms with van der Waals surface area (Å²) in [5, 5.41) is 31.6. The smallest absolute Gasteiger partial charge is 0.272 e. The lowest BCUT2D eigenvalue weighted by molar-refractivity contribution is 0.0931. The fourth-order valence-corrected chi connectivity index (χ4v) is 2.60. The zero-order valence-corrected chi connectivity index (χ0v) is 15.3. The molecule has 144 valence electrons. The number of aromatic nitrogens is 4. The lowest BCUT2D eigenvalue weighted by atomic mass is 10.1. The molecular formula is C19H19ClN6O2. The fraction of sp³-hybridized carbons (Fsp3) is 0.263. The normalized spacial score (nSPS) is 18.2. The van der Waals surface area contributed by atoms with Gasteiger partial charge in [-0.05, 0) is 38.0 Å². The first kappa shape index (κ1) is 13.1. The topological polar surface area (TPSA) is 120 Å². The van der Waals surface area contributed by atoms with Gasteiger partial charge in [0.1, 0.15) is 11.8 Å². The molecule has 3 aromatic rings. The highest BCUT2D eigenvalue weighted by molar-refractivity contribution is 6.32. The molecule has 0 saturated carbocycles. The molecule has 0 bridgehead atoms. The third kappa shape index (κ3) is 4.39. The minimum absolute atomic E-state index is 0.231. The number of nitrogens with zero attached hydrogens (tertiary/aromatic N) is 4. The van der Waals surface area contributed by atoms with E-state index >= 15 is 0 Å². The van der Waals surface area contributed by atoms with Crippen LogP contribution in [0, 0.1) is 11.3 Å². The zero-order valence-electron chi connectivity index (χ0n) is 20.6. The van der Waals surface area contributed by atoms with Crippen LogP contribution in [0.1, 0.15) is 49.8 Å². The Morgan fingerprint density at radius 3 is 3.11 bits per heavy atom. The summed E-state index contributed by atoms with van der Waals surface area (Å²) in [6.07, 6.45) is -1.62. The standard InChI is InChI=1S/C19H19ClN6O2/c1-11(22-19(28)18-8-17(12(2)27)23-24-18)10-26-6-5-16(25-26)13-3-4-14(9-21)15(20)7-13/h3-8,11-12,27H,10H2,1-2H3,(H,22,28)(H,23,24)/t11-,12?/m0/s1/i2D3,10D2,12D. The lowest BCUT2D eigenvalue weighted by Gasteiger charge is -2.13. The first-order valence-electron chi connectivity index (χ1n) is 11.0.